The molecule has 0 bridgehead atoms. The summed E-state index contributed by atoms with van der Waals surface area (Å²) in [4.78, 5) is 4.18. The molecule has 0 aromatic carbocycles. The van der Waals surface area contributed by atoms with Crippen LogP contribution < -0.4 is 10.1 Å². The predicted molar refractivity (Wildman–Crippen MR) is 66.9 cm³/mol. The Balaban J connectivity index is 2.29. The fourth-order valence-corrected chi connectivity index (χ4v) is 1.67. The van der Waals surface area contributed by atoms with Crippen LogP contribution in [0.3, 0.4) is 0 Å². The zero-order chi connectivity index (χ0) is 10.9. The van der Waals surface area contributed by atoms with Gasteiger partial charge in [-0.1, -0.05) is 6.92 Å². The normalized spacial score (nSPS) is 10.0. The number of aromatic nitrogens is 1. The van der Waals surface area contributed by atoms with Crippen LogP contribution in [0.5, 0.6) is 5.88 Å². The number of hydrogen-bond donors (Lipinski definition) is 1. The van der Waals surface area contributed by atoms with Gasteiger partial charge in [-0.15, -0.1) is 0 Å². The summed E-state index contributed by atoms with van der Waals surface area (Å²) in [7, 11) is 0. The van der Waals surface area contributed by atoms with Crippen molar-refractivity contribution in [1.29, 1.82) is 0 Å². The van der Waals surface area contributed by atoms with Gasteiger partial charge in [-0.05, 0) is 18.7 Å². The smallest absolute Gasteiger partial charge is 0.213 e. The van der Waals surface area contributed by atoms with E-state index in [1.807, 2.05) is 37.0 Å². The van der Waals surface area contributed by atoms with Crippen LogP contribution in [-0.2, 0) is 0 Å². The quantitative estimate of drug-likeness (QED) is 0.725. The van der Waals surface area contributed by atoms with Crippen LogP contribution in [0.4, 0.5) is 5.69 Å². The molecule has 3 nitrogen and oxygen atoms in total. The number of ether oxygens (including phenoxy) is 1. The number of nitrogens with zero attached hydrogens (tertiary/aromatic N) is 1. The number of thioether (sulfide) groups is 1. The fourth-order valence-electron chi connectivity index (χ4n) is 1.13. The van der Waals surface area contributed by atoms with Gasteiger partial charge in [-0.25, -0.2) is 4.98 Å². The summed E-state index contributed by atoms with van der Waals surface area (Å²) in [5.41, 5.74) is 1.05. The summed E-state index contributed by atoms with van der Waals surface area (Å²) in [6.07, 6.45) is 1.81. The average molecular weight is 226 g/mol. The molecule has 0 saturated carbocycles. The second kappa shape index (κ2) is 7.40. The lowest BCUT2D eigenvalue weighted by Crippen LogP contribution is -2.04. The maximum atomic E-state index is 5.26. The standard InChI is InChI=1S/C11H18N2OS/c1-3-14-11-6-5-10(9-13-11)12-7-8-15-4-2/h5-6,9,12H,3-4,7-8H2,1-2H3. The van der Waals surface area contributed by atoms with Gasteiger partial charge in [0.25, 0.3) is 0 Å². The third-order valence-corrected chi connectivity index (χ3v) is 2.71. The molecule has 84 valence electrons. The van der Waals surface area contributed by atoms with Crippen molar-refractivity contribution in [2.45, 2.75) is 13.8 Å². The van der Waals surface area contributed by atoms with Gasteiger partial charge in [-0.3, -0.25) is 0 Å². The van der Waals surface area contributed by atoms with Crippen LogP contribution in [0.25, 0.3) is 0 Å². The topological polar surface area (TPSA) is 34.1 Å². The summed E-state index contributed by atoms with van der Waals surface area (Å²) < 4.78 is 5.26. The highest BCUT2D eigenvalue weighted by molar-refractivity contribution is 7.99. The molecular weight excluding hydrogens is 208 g/mol. The van der Waals surface area contributed by atoms with Crippen molar-refractivity contribution in [3.05, 3.63) is 18.3 Å². The Labute approximate surface area is 95.6 Å². The zero-order valence-electron chi connectivity index (χ0n) is 9.32. The van der Waals surface area contributed by atoms with Gasteiger partial charge in [0.1, 0.15) is 0 Å². The van der Waals surface area contributed by atoms with E-state index < -0.39 is 0 Å². The zero-order valence-corrected chi connectivity index (χ0v) is 10.1. The molecule has 1 heterocycles. The molecule has 0 saturated heterocycles. The van der Waals surface area contributed by atoms with Crippen LogP contribution in [0.2, 0.25) is 0 Å². The van der Waals surface area contributed by atoms with Crippen LogP contribution in [0.1, 0.15) is 13.8 Å². The molecule has 1 rings (SSSR count). The molecule has 0 atom stereocenters. The Morgan fingerprint density at radius 3 is 2.87 bits per heavy atom. The third kappa shape index (κ3) is 4.93. The lowest BCUT2D eigenvalue weighted by molar-refractivity contribution is 0.327. The third-order valence-electron chi connectivity index (χ3n) is 1.81. The number of anilines is 1. The molecule has 1 N–H and O–H groups in total. The lowest BCUT2D eigenvalue weighted by atomic mass is 10.4. The Hall–Kier alpha value is -0.900. The Morgan fingerprint density at radius 1 is 1.40 bits per heavy atom. The summed E-state index contributed by atoms with van der Waals surface area (Å²) in [6.45, 7) is 5.76. The first kappa shape index (κ1) is 12.2. The summed E-state index contributed by atoms with van der Waals surface area (Å²) in [5.74, 6) is 2.98. The largest absolute Gasteiger partial charge is 0.478 e. The van der Waals surface area contributed by atoms with E-state index in [1.165, 1.54) is 5.75 Å². The number of pyridine rings is 1. The van der Waals surface area contributed by atoms with Crippen molar-refractivity contribution in [2.24, 2.45) is 0 Å². The average Bonchev–Trinajstić information content (AvgIpc) is 2.27. The van der Waals surface area contributed by atoms with Crippen molar-refractivity contribution in [3.63, 3.8) is 0 Å². The van der Waals surface area contributed by atoms with Gasteiger partial charge in [0.15, 0.2) is 0 Å². The molecular formula is C11H18N2OS. The Morgan fingerprint density at radius 2 is 2.27 bits per heavy atom. The van der Waals surface area contributed by atoms with E-state index in [9.17, 15) is 0 Å². The summed E-state index contributed by atoms with van der Waals surface area (Å²) in [6, 6.07) is 3.88. The summed E-state index contributed by atoms with van der Waals surface area (Å²) in [5, 5.41) is 3.31. The van der Waals surface area contributed by atoms with Crippen LogP contribution >= 0.6 is 11.8 Å². The lowest BCUT2D eigenvalue weighted by Gasteiger charge is -2.06. The minimum Gasteiger partial charge on any atom is -0.478 e. The molecule has 0 fully saturated rings. The Bertz CT molecular complexity index is 264. The van der Waals surface area contributed by atoms with E-state index in [0.29, 0.717) is 12.5 Å². The molecule has 1 aromatic rings. The van der Waals surface area contributed by atoms with Crippen molar-refractivity contribution in [2.75, 3.05) is 30.0 Å². The van der Waals surface area contributed by atoms with Crippen molar-refractivity contribution >= 4 is 17.4 Å². The first-order chi connectivity index (χ1) is 7.36. The van der Waals surface area contributed by atoms with Gasteiger partial charge >= 0.3 is 0 Å². The van der Waals surface area contributed by atoms with E-state index >= 15 is 0 Å². The minimum atomic E-state index is 0.660. The van der Waals surface area contributed by atoms with Gasteiger partial charge in [0.05, 0.1) is 18.5 Å². The highest BCUT2D eigenvalue weighted by atomic mass is 32.2. The first-order valence-corrected chi connectivity index (χ1v) is 6.42. The maximum Gasteiger partial charge on any atom is 0.213 e. The number of hydrogen-bond acceptors (Lipinski definition) is 4. The molecule has 0 radical (unpaired) electrons. The number of rotatable bonds is 7. The highest BCUT2D eigenvalue weighted by Gasteiger charge is 1.95. The van der Waals surface area contributed by atoms with Gasteiger partial charge < -0.3 is 10.1 Å². The monoisotopic (exact) mass is 226 g/mol. The van der Waals surface area contributed by atoms with E-state index in [0.717, 1.165) is 18.0 Å². The second-order valence-corrected chi connectivity index (χ2v) is 4.34. The van der Waals surface area contributed by atoms with Gasteiger partial charge in [0, 0.05) is 18.4 Å². The maximum absolute atomic E-state index is 5.26. The van der Waals surface area contributed by atoms with E-state index in [1.54, 1.807) is 0 Å². The summed E-state index contributed by atoms with van der Waals surface area (Å²) >= 11 is 1.93. The molecule has 0 aliphatic rings. The minimum absolute atomic E-state index is 0.660. The van der Waals surface area contributed by atoms with E-state index in [4.69, 9.17) is 4.74 Å². The molecule has 0 spiro atoms. The molecule has 0 aliphatic heterocycles. The predicted octanol–water partition coefficient (Wildman–Crippen LogP) is 2.65. The van der Waals surface area contributed by atoms with Crippen LogP contribution in [0.15, 0.2) is 18.3 Å². The number of nitrogens with one attached hydrogen (secondary N) is 1. The molecule has 0 aliphatic carbocycles. The van der Waals surface area contributed by atoms with Gasteiger partial charge in [-0.2, -0.15) is 11.8 Å². The fraction of sp³-hybridized carbons (Fsp3) is 0.545. The van der Waals surface area contributed by atoms with E-state index in [-0.39, 0.29) is 0 Å². The molecule has 1 aromatic heterocycles. The van der Waals surface area contributed by atoms with Crippen molar-refractivity contribution in [1.82, 2.24) is 4.98 Å². The second-order valence-electron chi connectivity index (χ2n) is 2.94. The van der Waals surface area contributed by atoms with Crippen molar-refractivity contribution < 1.29 is 4.74 Å². The molecule has 15 heavy (non-hydrogen) atoms. The Kier molecular flexibility index (Phi) is 6.00. The highest BCUT2D eigenvalue weighted by Crippen LogP contribution is 2.11. The SMILES string of the molecule is CCOc1ccc(NCCSCC)cn1. The van der Waals surface area contributed by atoms with Crippen LogP contribution in [-0.4, -0.2) is 29.6 Å². The molecule has 4 heteroatoms. The molecule has 0 unspecified atom stereocenters. The van der Waals surface area contributed by atoms with E-state index in [2.05, 4.69) is 17.2 Å². The molecule has 0 amide bonds. The van der Waals surface area contributed by atoms with Crippen LogP contribution in [0, 0.1) is 0 Å². The van der Waals surface area contributed by atoms with Gasteiger partial charge in [0.2, 0.25) is 5.88 Å². The van der Waals surface area contributed by atoms with Crippen molar-refractivity contribution in [3.8, 4) is 5.88 Å². The first-order valence-electron chi connectivity index (χ1n) is 5.27.